The van der Waals surface area contributed by atoms with E-state index in [9.17, 15) is 10.2 Å². The molecule has 0 unspecified atom stereocenters. The molecule has 2 N–H and O–H groups in total. The van der Waals surface area contributed by atoms with E-state index >= 15 is 0 Å². The number of hydrogen-bond donors (Lipinski definition) is 2. The van der Waals surface area contributed by atoms with Crippen molar-refractivity contribution < 1.29 is 10.2 Å². The fraction of sp³-hybridized carbons (Fsp3) is 0.400. The normalized spacial score (nSPS) is 10.8. The molecule has 2 nitrogen and oxygen atoms in total. The van der Waals surface area contributed by atoms with Gasteiger partial charge in [-0.05, 0) is 72.2 Å². The van der Waals surface area contributed by atoms with Crippen molar-refractivity contribution in [1.29, 1.82) is 0 Å². The van der Waals surface area contributed by atoms with Crippen molar-refractivity contribution in [3.05, 3.63) is 56.6 Å². The van der Waals surface area contributed by atoms with Gasteiger partial charge >= 0.3 is 0 Å². The summed E-state index contributed by atoms with van der Waals surface area (Å²) < 4.78 is 0. The van der Waals surface area contributed by atoms with Gasteiger partial charge in [-0.3, -0.25) is 0 Å². The van der Waals surface area contributed by atoms with Crippen LogP contribution in [0.4, 0.5) is 0 Å². The molecule has 0 atom stereocenters. The third-order valence-electron chi connectivity index (χ3n) is 3.86. The van der Waals surface area contributed by atoms with Crippen molar-refractivity contribution in [3.63, 3.8) is 0 Å². The maximum atomic E-state index is 9.53. The highest BCUT2D eigenvalue weighted by atomic mass is 35.5. The Bertz CT molecular complexity index is 646. The number of benzene rings is 2. The molecule has 0 aliphatic rings. The van der Waals surface area contributed by atoms with E-state index in [2.05, 4.69) is 0 Å². The fourth-order valence-corrected chi connectivity index (χ4v) is 2.63. The van der Waals surface area contributed by atoms with E-state index in [0.29, 0.717) is 23.3 Å². The van der Waals surface area contributed by atoms with Crippen LogP contribution in [-0.4, -0.2) is 10.2 Å². The smallest absolute Gasteiger partial charge is 0.119 e. The molecular formula is C20H26Cl2O2. The number of phenols is 2. The lowest BCUT2D eigenvalue weighted by atomic mass is 10.0. The lowest BCUT2D eigenvalue weighted by Crippen LogP contribution is -1.89. The zero-order valence-corrected chi connectivity index (χ0v) is 16.6. The summed E-state index contributed by atoms with van der Waals surface area (Å²) in [6, 6.07) is 7.07. The van der Waals surface area contributed by atoms with Crippen LogP contribution in [0.2, 0.25) is 10.0 Å². The van der Waals surface area contributed by atoms with Crippen molar-refractivity contribution in [2.24, 2.45) is 0 Å². The van der Waals surface area contributed by atoms with Gasteiger partial charge in [-0.2, -0.15) is 0 Å². The molecular weight excluding hydrogens is 343 g/mol. The van der Waals surface area contributed by atoms with Gasteiger partial charge in [0.15, 0.2) is 0 Å². The summed E-state index contributed by atoms with van der Waals surface area (Å²) in [4.78, 5) is 0. The summed E-state index contributed by atoms with van der Waals surface area (Å²) in [5, 5.41) is 20.5. The van der Waals surface area contributed by atoms with Crippen molar-refractivity contribution in [2.75, 3.05) is 0 Å². The average Bonchev–Trinajstić information content (AvgIpc) is 2.46. The minimum Gasteiger partial charge on any atom is -0.508 e. The monoisotopic (exact) mass is 368 g/mol. The molecule has 0 aromatic heterocycles. The topological polar surface area (TPSA) is 40.5 Å². The molecule has 0 saturated carbocycles. The number of phenolic OH excluding ortho intramolecular Hbond substituents is 2. The van der Waals surface area contributed by atoms with Crippen LogP contribution in [0.1, 0.15) is 61.8 Å². The van der Waals surface area contributed by atoms with Gasteiger partial charge in [-0.25, -0.2) is 0 Å². The molecule has 4 heteroatoms. The van der Waals surface area contributed by atoms with Gasteiger partial charge in [0.05, 0.1) is 0 Å². The molecule has 132 valence electrons. The van der Waals surface area contributed by atoms with Gasteiger partial charge in [0.25, 0.3) is 0 Å². The van der Waals surface area contributed by atoms with E-state index in [1.807, 2.05) is 53.7 Å². The van der Waals surface area contributed by atoms with Gasteiger partial charge < -0.3 is 10.2 Å². The lowest BCUT2D eigenvalue weighted by molar-refractivity contribution is 0.464. The number of rotatable bonds is 2. The lowest BCUT2D eigenvalue weighted by Gasteiger charge is -2.09. The largest absolute Gasteiger partial charge is 0.508 e. The average molecular weight is 369 g/mol. The van der Waals surface area contributed by atoms with Crippen LogP contribution >= 0.6 is 23.2 Å². The van der Waals surface area contributed by atoms with E-state index in [-0.39, 0.29) is 0 Å². The minimum atomic E-state index is 0.308. The summed E-state index contributed by atoms with van der Waals surface area (Å²) >= 11 is 11.8. The maximum Gasteiger partial charge on any atom is 0.119 e. The molecule has 0 amide bonds. The standard InChI is InChI=1S/2C10H13ClO/c2*1-6(2)8-5-9(11)7(3)4-10(8)12/h2*4-6,12H,1-3H3. The Balaban J connectivity index is 0.000000240. The van der Waals surface area contributed by atoms with Crippen LogP contribution in [0, 0.1) is 13.8 Å². The molecule has 2 aromatic rings. The first kappa shape index (κ1) is 20.7. The molecule has 24 heavy (non-hydrogen) atoms. The molecule has 2 aromatic carbocycles. The second-order valence-electron chi connectivity index (χ2n) is 6.63. The van der Waals surface area contributed by atoms with Crippen LogP contribution in [0.5, 0.6) is 11.5 Å². The second kappa shape index (κ2) is 8.64. The summed E-state index contributed by atoms with van der Waals surface area (Å²) in [5.74, 6) is 1.30. The van der Waals surface area contributed by atoms with E-state index in [1.165, 1.54) is 0 Å². The van der Waals surface area contributed by atoms with Crippen LogP contribution < -0.4 is 0 Å². The molecule has 0 fully saturated rings. The van der Waals surface area contributed by atoms with E-state index in [4.69, 9.17) is 23.2 Å². The van der Waals surface area contributed by atoms with E-state index in [0.717, 1.165) is 32.3 Å². The van der Waals surface area contributed by atoms with Crippen LogP contribution in [0.3, 0.4) is 0 Å². The summed E-state index contributed by atoms with van der Waals surface area (Å²) in [7, 11) is 0. The van der Waals surface area contributed by atoms with E-state index < -0.39 is 0 Å². The van der Waals surface area contributed by atoms with Gasteiger partial charge in [0.1, 0.15) is 11.5 Å². The molecule has 0 spiro atoms. The number of aryl methyl sites for hydroxylation is 2. The van der Waals surface area contributed by atoms with Crippen LogP contribution in [0.25, 0.3) is 0 Å². The van der Waals surface area contributed by atoms with Gasteiger partial charge in [-0.1, -0.05) is 50.9 Å². The van der Waals surface area contributed by atoms with Crippen molar-refractivity contribution in [1.82, 2.24) is 0 Å². The van der Waals surface area contributed by atoms with Gasteiger partial charge in [0, 0.05) is 10.0 Å². The molecule has 0 aliphatic heterocycles. The van der Waals surface area contributed by atoms with Crippen LogP contribution in [-0.2, 0) is 0 Å². The zero-order chi connectivity index (χ0) is 18.6. The summed E-state index contributed by atoms with van der Waals surface area (Å²) in [6.45, 7) is 11.9. The maximum absolute atomic E-state index is 9.53. The summed E-state index contributed by atoms with van der Waals surface area (Å²) in [6.07, 6.45) is 0. The molecule has 0 bridgehead atoms. The van der Waals surface area contributed by atoms with Crippen LogP contribution in [0.15, 0.2) is 24.3 Å². The Morgan fingerprint density at radius 1 is 0.667 bits per heavy atom. The van der Waals surface area contributed by atoms with Gasteiger partial charge in [0.2, 0.25) is 0 Å². The number of aromatic hydroxyl groups is 2. The minimum absolute atomic E-state index is 0.308. The quantitative estimate of drug-likeness (QED) is 0.601. The Hall–Kier alpha value is -1.38. The molecule has 0 heterocycles. The van der Waals surface area contributed by atoms with Crippen molar-refractivity contribution in [2.45, 2.75) is 53.4 Å². The highest BCUT2D eigenvalue weighted by molar-refractivity contribution is 6.31. The summed E-state index contributed by atoms with van der Waals surface area (Å²) in [5.41, 5.74) is 3.65. The third kappa shape index (κ3) is 5.32. The Morgan fingerprint density at radius 3 is 1.21 bits per heavy atom. The molecule has 2 rings (SSSR count). The second-order valence-corrected chi connectivity index (χ2v) is 7.44. The zero-order valence-electron chi connectivity index (χ0n) is 15.1. The SMILES string of the molecule is Cc1cc(O)c(C(C)C)cc1Cl.Cc1cc(O)c(C(C)C)cc1Cl. The first-order valence-corrected chi connectivity index (χ1v) is 8.78. The first-order chi connectivity index (χ1) is 11.0. The number of halogens is 2. The Morgan fingerprint density at radius 2 is 0.958 bits per heavy atom. The predicted molar refractivity (Wildman–Crippen MR) is 104 cm³/mol. The third-order valence-corrected chi connectivity index (χ3v) is 4.67. The predicted octanol–water partition coefficient (Wildman–Crippen LogP) is 6.95. The highest BCUT2D eigenvalue weighted by Crippen LogP contribution is 2.31. The first-order valence-electron chi connectivity index (χ1n) is 8.02. The number of hydrogen-bond acceptors (Lipinski definition) is 2. The van der Waals surface area contributed by atoms with E-state index in [1.54, 1.807) is 12.1 Å². The van der Waals surface area contributed by atoms with Crippen molar-refractivity contribution in [3.8, 4) is 11.5 Å². The fourth-order valence-electron chi connectivity index (χ4n) is 2.29. The molecule has 0 saturated heterocycles. The Kier molecular flexibility index (Phi) is 7.44. The highest BCUT2D eigenvalue weighted by Gasteiger charge is 2.08. The Labute approximate surface area is 155 Å². The van der Waals surface area contributed by atoms with Gasteiger partial charge in [-0.15, -0.1) is 0 Å². The molecule has 0 aliphatic carbocycles. The molecule has 0 radical (unpaired) electrons. The van der Waals surface area contributed by atoms with Crippen molar-refractivity contribution >= 4 is 23.2 Å².